The summed E-state index contributed by atoms with van der Waals surface area (Å²) in [4.78, 5) is 4.50. The van der Waals surface area contributed by atoms with Crippen molar-refractivity contribution in [2.75, 3.05) is 0 Å². The highest BCUT2D eigenvalue weighted by atomic mass is 19.1. The van der Waals surface area contributed by atoms with Gasteiger partial charge in [-0.05, 0) is 53.1 Å². The third-order valence-electron chi connectivity index (χ3n) is 5.18. The van der Waals surface area contributed by atoms with Crippen LogP contribution in [0.1, 0.15) is 34.1 Å². The zero-order chi connectivity index (χ0) is 19.8. The van der Waals surface area contributed by atoms with Crippen LogP contribution in [0.4, 0.5) is 4.39 Å². The molecule has 0 saturated carbocycles. The zero-order valence-electron chi connectivity index (χ0n) is 15.5. The van der Waals surface area contributed by atoms with Crippen LogP contribution >= 0.6 is 0 Å². The van der Waals surface area contributed by atoms with E-state index in [0.717, 1.165) is 33.3 Å². The highest BCUT2D eigenvalue weighted by Crippen LogP contribution is 2.36. The first kappa shape index (κ1) is 17.6. The molecule has 0 spiro atoms. The van der Waals surface area contributed by atoms with Gasteiger partial charge in [-0.1, -0.05) is 42.5 Å². The Hall–Kier alpha value is -3.50. The van der Waals surface area contributed by atoms with E-state index in [0.29, 0.717) is 17.9 Å². The van der Waals surface area contributed by atoms with Gasteiger partial charge in [0.2, 0.25) is 0 Å². The molecule has 0 bridgehead atoms. The van der Waals surface area contributed by atoms with E-state index in [1.807, 2.05) is 66.7 Å². The molecule has 1 aromatic heterocycles. The summed E-state index contributed by atoms with van der Waals surface area (Å²) in [6.45, 7) is 0.437. The summed E-state index contributed by atoms with van der Waals surface area (Å²) in [6, 6.07) is 21.9. The molecule has 4 heteroatoms. The van der Waals surface area contributed by atoms with Crippen molar-refractivity contribution in [1.82, 2.24) is 4.98 Å². The highest BCUT2D eigenvalue weighted by Gasteiger charge is 2.22. The quantitative estimate of drug-likeness (QED) is 0.496. The van der Waals surface area contributed by atoms with Crippen LogP contribution in [-0.2, 0) is 6.61 Å². The fourth-order valence-electron chi connectivity index (χ4n) is 3.65. The Morgan fingerprint density at radius 3 is 2.72 bits per heavy atom. The molecule has 1 unspecified atom stereocenters. The summed E-state index contributed by atoms with van der Waals surface area (Å²) in [5.41, 5.74) is 4.87. The maximum Gasteiger partial charge on any atom is 0.126 e. The predicted octanol–water partition coefficient (Wildman–Crippen LogP) is 5.52. The molecule has 4 aromatic rings. The second kappa shape index (κ2) is 7.15. The molecule has 5 rings (SSSR count). The van der Waals surface area contributed by atoms with E-state index in [-0.39, 0.29) is 5.82 Å². The number of benzene rings is 3. The lowest BCUT2D eigenvalue weighted by atomic mass is 9.96. The molecular formula is C25H18FNO2. The number of halogens is 1. The maximum absolute atomic E-state index is 13.5. The van der Waals surface area contributed by atoms with Gasteiger partial charge in [0.15, 0.2) is 0 Å². The molecule has 0 radical (unpaired) electrons. The van der Waals surface area contributed by atoms with Crippen LogP contribution in [0.2, 0.25) is 0 Å². The number of hydrogen-bond acceptors (Lipinski definition) is 3. The number of aliphatic hydroxyl groups excluding tert-OH is 1. The van der Waals surface area contributed by atoms with Crippen LogP contribution in [0.5, 0.6) is 5.75 Å². The van der Waals surface area contributed by atoms with Gasteiger partial charge < -0.3 is 9.84 Å². The van der Waals surface area contributed by atoms with Gasteiger partial charge in [0, 0.05) is 17.0 Å². The summed E-state index contributed by atoms with van der Waals surface area (Å²) >= 11 is 0. The molecule has 0 amide bonds. The Morgan fingerprint density at radius 1 is 0.931 bits per heavy atom. The molecular weight excluding hydrogens is 365 g/mol. The van der Waals surface area contributed by atoms with Crippen molar-refractivity contribution in [3.8, 4) is 5.75 Å². The number of rotatable bonds is 2. The van der Waals surface area contributed by atoms with Crippen molar-refractivity contribution in [1.29, 1.82) is 0 Å². The van der Waals surface area contributed by atoms with Crippen LogP contribution in [0, 0.1) is 5.82 Å². The van der Waals surface area contributed by atoms with Crippen molar-refractivity contribution in [2.45, 2.75) is 12.7 Å². The summed E-state index contributed by atoms with van der Waals surface area (Å²) in [7, 11) is 0. The first-order chi connectivity index (χ1) is 14.2. The minimum Gasteiger partial charge on any atom is -0.488 e. The topological polar surface area (TPSA) is 42.4 Å². The monoisotopic (exact) mass is 383 g/mol. The smallest absolute Gasteiger partial charge is 0.126 e. The van der Waals surface area contributed by atoms with Crippen molar-refractivity contribution in [3.05, 3.63) is 107 Å². The van der Waals surface area contributed by atoms with Crippen LogP contribution in [0.15, 0.2) is 72.8 Å². The molecule has 1 aliphatic rings. The van der Waals surface area contributed by atoms with Gasteiger partial charge in [0.25, 0.3) is 0 Å². The van der Waals surface area contributed by atoms with Gasteiger partial charge >= 0.3 is 0 Å². The normalized spacial score (nSPS) is 15.6. The summed E-state index contributed by atoms with van der Waals surface area (Å²) < 4.78 is 19.4. The summed E-state index contributed by atoms with van der Waals surface area (Å²) in [6.07, 6.45) is 3.07. The summed E-state index contributed by atoms with van der Waals surface area (Å²) in [5.74, 6) is 0.385. The SMILES string of the molecule is OC1c2ccccc2COc2ccc(C=Cc3ccc4ccc(F)cc4n3)cc21. The minimum absolute atomic E-state index is 0.300. The van der Waals surface area contributed by atoms with Gasteiger partial charge in [-0.3, -0.25) is 0 Å². The van der Waals surface area contributed by atoms with E-state index in [4.69, 9.17) is 4.74 Å². The second-order valence-electron chi connectivity index (χ2n) is 7.09. The Morgan fingerprint density at radius 2 is 1.79 bits per heavy atom. The van der Waals surface area contributed by atoms with Crippen LogP contribution < -0.4 is 4.74 Å². The average Bonchev–Trinajstić information content (AvgIpc) is 2.89. The third kappa shape index (κ3) is 3.39. The first-order valence-corrected chi connectivity index (χ1v) is 9.44. The molecule has 2 heterocycles. The molecule has 1 aliphatic heterocycles. The number of ether oxygens (including phenoxy) is 1. The molecule has 142 valence electrons. The van der Waals surface area contributed by atoms with Gasteiger partial charge in [-0.15, -0.1) is 0 Å². The predicted molar refractivity (Wildman–Crippen MR) is 112 cm³/mol. The number of aromatic nitrogens is 1. The molecule has 1 N–H and O–H groups in total. The zero-order valence-corrected chi connectivity index (χ0v) is 15.5. The van der Waals surface area contributed by atoms with Gasteiger partial charge in [0.05, 0.1) is 11.2 Å². The highest BCUT2D eigenvalue weighted by molar-refractivity contribution is 5.81. The molecule has 0 fully saturated rings. The van der Waals surface area contributed by atoms with Crippen molar-refractivity contribution < 1.29 is 14.2 Å². The molecule has 1 atom stereocenters. The Kier molecular flexibility index (Phi) is 4.34. The van der Waals surface area contributed by atoms with E-state index >= 15 is 0 Å². The number of pyridine rings is 1. The average molecular weight is 383 g/mol. The van der Waals surface area contributed by atoms with Gasteiger partial charge in [-0.2, -0.15) is 0 Å². The van der Waals surface area contributed by atoms with E-state index in [2.05, 4.69) is 4.98 Å². The van der Waals surface area contributed by atoms with E-state index < -0.39 is 6.10 Å². The van der Waals surface area contributed by atoms with E-state index in [1.165, 1.54) is 12.1 Å². The number of nitrogens with zero attached hydrogens (tertiary/aromatic N) is 1. The fraction of sp³-hybridized carbons (Fsp3) is 0.0800. The molecule has 0 aliphatic carbocycles. The lowest BCUT2D eigenvalue weighted by Gasteiger charge is -2.13. The Bertz CT molecular complexity index is 1250. The van der Waals surface area contributed by atoms with Crippen LogP contribution in [-0.4, -0.2) is 10.1 Å². The lowest BCUT2D eigenvalue weighted by molar-refractivity contribution is 0.218. The van der Waals surface area contributed by atoms with E-state index in [1.54, 1.807) is 6.07 Å². The van der Waals surface area contributed by atoms with Crippen LogP contribution in [0.3, 0.4) is 0 Å². The standard InChI is InChI=1S/C25H18FNO2/c26-19-9-7-17-8-11-20(27-23(17)14-19)10-5-16-6-12-24-22(13-16)25(28)21-4-2-1-3-18(21)15-29-24/h1-14,25,28H,15H2. The summed E-state index contributed by atoms with van der Waals surface area (Å²) in [5, 5.41) is 11.8. The second-order valence-corrected chi connectivity index (χ2v) is 7.09. The van der Waals surface area contributed by atoms with Gasteiger partial charge in [-0.25, -0.2) is 9.37 Å². The fourth-order valence-corrected chi connectivity index (χ4v) is 3.65. The lowest BCUT2D eigenvalue weighted by Crippen LogP contribution is -2.01. The number of hydrogen-bond donors (Lipinski definition) is 1. The number of fused-ring (bicyclic) bond motifs is 3. The van der Waals surface area contributed by atoms with Gasteiger partial charge in [0.1, 0.15) is 24.3 Å². The Labute approximate surface area is 167 Å². The minimum atomic E-state index is -0.737. The largest absolute Gasteiger partial charge is 0.488 e. The van der Waals surface area contributed by atoms with Crippen LogP contribution in [0.25, 0.3) is 23.1 Å². The maximum atomic E-state index is 13.5. The van der Waals surface area contributed by atoms with E-state index in [9.17, 15) is 9.50 Å². The molecule has 0 saturated heterocycles. The van der Waals surface area contributed by atoms with Crippen molar-refractivity contribution in [3.63, 3.8) is 0 Å². The van der Waals surface area contributed by atoms with Crippen molar-refractivity contribution >= 4 is 23.1 Å². The number of aliphatic hydroxyl groups is 1. The molecule has 29 heavy (non-hydrogen) atoms. The Balaban J connectivity index is 1.48. The first-order valence-electron chi connectivity index (χ1n) is 9.44. The van der Waals surface area contributed by atoms with Crippen molar-refractivity contribution in [2.24, 2.45) is 0 Å². The molecule has 3 nitrogen and oxygen atoms in total. The third-order valence-corrected chi connectivity index (χ3v) is 5.18. The molecule has 3 aromatic carbocycles.